The van der Waals surface area contributed by atoms with Gasteiger partial charge in [0.25, 0.3) is 0 Å². The Labute approximate surface area is 162 Å². The molecule has 2 aliphatic rings. The first kappa shape index (κ1) is 17.6. The summed E-state index contributed by atoms with van der Waals surface area (Å²) in [5, 5.41) is 3.12. The van der Waals surface area contributed by atoms with E-state index in [1.165, 1.54) is 17.3 Å². The molecule has 2 aliphatic heterocycles. The fourth-order valence-electron chi connectivity index (χ4n) is 3.07. The van der Waals surface area contributed by atoms with Crippen LogP contribution in [-0.4, -0.2) is 40.5 Å². The van der Waals surface area contributed by atoms with Crippen LogP contribution in [0, 0.1) is 6.92 Å². The molecule has 0 saturated carbocycles. The van der Waals surface area contributed by atoms with Crippen molar-refractivity contribution < 1.29 is 9.59 Å². The zero-order valence-electron chi connectivity index (χ0n) is 15.0. The summed E-state index contributed by atoms with van der Waals surface area (Å²) in [6, 6.07) is 17.4. The Morgan fingerprint density at radius 1 is 1.19 bits per heavy atom. The molecule has 0 aliphatic carbocycles. The lowest BCUT2D eigenvalue weighted by atomic mass is 10.2. The van der Waals surface area contributed by atoms with Crippen LogP contribution in [0.15, 0.2) is 59.6 Å². The molecule has 0 aromatic heterocycles. The quantitative estimate of drug-likeness (QED) is 0.885. The topological polar surface area (TPSA) is 65.0 Å². The van der Waals surface area contributed by atoms with Crippen molar-refractivity contribution in [3.63, 3.8) is 0 Å². The van der Waals surface area contributed by atoms with E-state index >= 15 is 0 Å². The van der Waals surface area contributed by atoms with Gasteiger partial charge in [-0.2, -0.15) is 0 Å². The number of carbonyl (C=O) groups excluding carboxylic acids is 2. The van der Waals surface area contributed by atoms with Crippen LogP contribution in [0.5, 0.6) is 0 Å². The van der Waals surface area contributed by atoms with Gasteiger partial charge < -0.3 is 10.2 Å². The van der Waals surface area contributed by atoms with Crippen molar-refractivity contribution in [2.75, 3.05) is 23.6 Å². The van der Waals surface area contributed by atoms with Gasteiger partial charge in [-0.15, -0.1) is 0 Å². The maximum absolute atomic E-state index is 12.8. The molecule has 138 valence electrons. The lowest BCUT2D eigenvalue weighted by molar-refractivity contribution is -0.128. The van der Waals surface area contributed by atoms with Crippen LogP contribution in [-0.2, 0) is 9.59 Å². The van der Waals surface area contributed by atoms with Crippen molar-refractivity contribution in [1.29, 1.82) is 0 Å². The average molecular weight is 380 g/mol. The van der Waals surface area contributed by atoms with E-state index in [1.807, 2.05) is 66.4 Å². The van der Waals surface area contributed by atoms with Crippen LogP contribution in [0.25, 0.3) is 0 Å². The average Bonchev–Trinajstić information content (AvgIpc) is 2.98. The minimum absolute atomic E-state index is 0.0567. The van der Waals surface area contributed by atoms with E-state index in [1.54, 1.807) is 4.90 Å². The number of hydrogen-bond acceptors (Lipinski definition) is 5. The zero-order chi connectivity index (χ0) is 18.8. The van der Waals surface area contributed by atoms with Crippen molar-refractivity contribution in [2.45, 2.75) is 18.6 Å². The van der Waals surface area contributed by atoms with Gasteiger partial charge in [0.15, 0.2) is 5.17 Å². The number of aliphatic imine (C=N–C) groups is 1. The van der Waals surface area contributed by atoms with Crippen molar-refractivity contribution in [3.8, 4) is 0 Å². The number of fused-ring (bicyclic) bond motifs is 1. The summed E-state index contributed by atoms with van der Waals surface area (Å²) in [5.74, 6) is -0.221. The van der Waals surface area contributed by atoms with Gasteiger partial charge in [-0.05, 0) is 31.2 Å². The normalized spacial score (nSPS) is 18.9. The molecular weight excluding hydrogens is 360 g/mol. The highest BCUT2D eigenvalue weighted by Gasteiger charge is 2.41. The van der Waals surface area contributed by atoms with Gasteiger partial charge in [0, 0.05) is 17.8 Å². The first-order valence-electron chi connectivity index (χ1n) is 8.79. The zero-order valence-corrected chi connectivity index (χ0v) is 15.8. The van der Waals surface area contributed by atoms with Crippen LogP contribution < -0.4 is 10.2 Å². The molecule has 1 atom stereocenters. The van der Waals surface area contributed by atoms with Gasteiger partial charge in [-0.3, -0.25) is 14.5 Å². The van der Waals surface area contributed by atoms with E-state index < -0.39 is 5.25 Å². The first-order chi connectivity index (χ1) is 13.1. The maximum atomic E-state index is 12.8. The van der Waals surface area contributed by atoms with E-state index in [0.717, 1.165) is 11.4 Å². The largest absolute Gasteiger partial charge is 0.334 e. The summed E-state index contributed by atoms with van der Waals surface area (Å²) in [6.45, 7) is 3.02. The molecule has 27 heavy (non-hydrogen) atoms. The molecule has 1 saturated heterocycles. The highest BCUT2D eigenvalue weighted by Crippen LogP contribution is 2.33. The maximum Gasteiger partial charge on any atom is 0.244 e. The Hall–Kier alpha value is -2.80. The summed E-state index contributed by atoms with van der Waals surface area (Å²) in [7, 11) is 0. The molecule has 2 heterocycles. The van der Waals surface area contributed by atoms with E-state index in [4.69, 9.17) is 0 Å². The van der Waals surface area contributed by atoms with Crippen LogP contribution in [0.3, 0.4) is 0 Å². The van der Waals surface area contributed by atoms with Gasteiger partial charge in [-0.1, -0.05) is 47.7 Å². The molecule has 1 unspecified atom stereocenters. The number of amidine groups is 1. The van der Waals surface area contributed by atoms with Crippen molar-refractivity contribution in [1.82, 2.24) is 4.90 Å². The monoisotopic (exact) mass is 380 g/mol. The number of thioether (sulfide) groups is 1. The van der Waals surface area contributed by atoms with Crippen molar-refractivity contribution >= 4 is 40.1 Å². The number of nitrogens with one attached hydrogen (secondary N) is 1. The van der Waals surface area contributed by atoms with E-state index in [2.05, 4.69) is 10.3 Å². The van der Waals surface area contributed by atoms with Crippen molar-refractivity contribution in [2.24, 2.45) is 4.99 Å². The molecule has 2 aromatic rings. The van der Waals surface area contributed by atoms with Crippen LogP contribution in [0.1, 0.15) is 12.0 Å². The molecular formula is C20H20N4O2S. The number of aryl methyl sites for hydroxylation is 1. The Bertz CT molecular complexity index is 883. The van der Waals surface area contributed by atoms with Gasteiger partial charge in [-0.25, -0.2) is 4.99 Å². The molecule has 1 N–H and O–H groups in total. The second-order valence-electron chi connectivity index (χ2n) is 6.59. The molecule has 0 spiro atoms. The third-order valence-corrected chi connectivity index (χ3v) is 5.75. The molecule has 4 rings (SSSR count). The third kappa shape index (κ3) is 3.83. The fraction of sp³-hybridized carbons (Fsp3) is 0.250. The summed E-state index contributed by atoms with van der Waals surface area (Å²) in [4.78, 5) is 33.3. The summed E-state index contributed by atoms with van der Waals surface area (Å²) in [6.07, 6.45) is 0.137. The fourth-order valence-corrected chi connectivity index (χ4v) is 4.20. The summed E-state index contributed by atoms with van der Waals surface area (Å²) in [5.41, 5.74) is 2.96. The predicted molar refractivity (Wildman–Crippen MR) is 109 cm³/mol. The number of rotatable bonds is 4. The van der Waals surface area contributed by atoms with Crippen LogP contribution >= 0.6 is 11.8 Å². The number of benzene rings is 2. The second-order valence-corrected chi connectivity index (χ2v) is 7.76. The number of anilines is 2. The van der Waals surface area contributed by atoms with Gasteiger partial charge in [0.2, 0.25) is 11.8 Å². The SMILES string of the molecule is Cc1ccc(N2CN=C3SC(CC(=O)Nc4ccccc4)C(=O)N3C2)cc1. The molecule has 6 nitrogen and oxygen atoms in total. The van der Waals surface area contributed by atoms with Crippen molar-refractivity contribution in [3.05, 3.63) is 60.2 Å². The Morgan fingerprint density at radius 2 is 1.93 bits per heavy atom. The predicted octanol–water partition coefficient (Wildman–Crippen LogP) is 3.06. The lowest BCUT2D eigenvalue weighted by Gasteiger charge is -2.32. The molecule has 2 amide bonds. The standard InChI is InChI=1S/C20H20N4O2S/c1-14-7-9-16(10-8-14)23-12-21-20-24(13-23)19(26)17(27-20)11-18(25)22-15-5-3-2-4-6-15/h2-10,17H,11-13H2,1H3,(H,22,25). The highest BCUT2D eigenvalue weighted by molar-refractivity contribution is 8.15. The lowest BCUT2D eigenvalue weighted by Crippen LogP contribution is -2.46. The minimum Gasteiger partial charge on any atom is -0.334 e. The number of nitrogens with zero attached hydrogens (tertiary/aromatic N) is 3. The van der Waals surface area contributed by atoms with E-state index in [9.17, 15) is 9.59 Å². The molecule has 0 radical (unpaired) electrons. The summed E-state index contributed by atoms with van der Waals surface area (Å²) >= 11 is 1.38. The Morgan fingerprint density at radius 3 is 2.67 bits per heavy atom. The smallest absolute Gasteiger partial charge is 0.244 e. The van der Waals surface area contributed by atoms with Gasteiger partial charge >= 0.3 is 0 Å². The van der Waals surface area contributed by atoms with E-state index in [-0.39, 0.29) is 18.2 Å². The van der Waals surface area contributed by atoms with Crippen LogP contribution in [0.4, 0.5) is 11.4 Å². The number of hydrogen-bond donors (Lipinski definition) is 1. The summed E-state index contributed by atoms with van der Waals surface area (Å²) < 4.78 is 0. The highest BCUT2D eigenvalue weighted by atomic mass is 32.2. The molecule has 7 heteroatoms. The Kier molecular flexibility index (Phi) is 4.85. The molecule has 0 bridgehead atoms. The first-order valence-corrected chi connectivity index (χ1v) is 9.67. The number of para-hydroxylation sites is 1. The molecule has 2 aromatic carbocycles. The van der Waals surface area contributed by atoms with Gasteiger partial charge in [0.05, 0.1) is 0 Å². The number of carbonyl (C=O) groups is 2. The number of amides is 2. The Balaban J connectivity index is 1.40. The third-order valence-electron chi connectivity index (χ3n) is 4.54. The minimum atomic E-state index is -0.426. The van der Waals surface area contributed by atoms with E-state index in [0.29, 0.717) is 18.5 Å². The van der Waals surface area contributed by atoms with Crippen LogP contribution in [0.2, 0.25) is 0 Å². The van der Waals surface area contributed by atoms with Gasteiger partial charge in [0.1, 0.15) is 18.6 Å². The molecule has 1 fully saturated rings. The second kappa shape index (κ2) is 7.44.